The van der Waals surface area contributed by atoms with Crippen LogP contribution < -0.4 is 10.7 Å². The van der Waals surface area contributed by atoms with Crippen molar-refractivity contribution in [2.75, 3.05) is 32.0 Å². The van der Waals surface area contributed by atoms with Crippen LogP contribution in [0.3, 0.4) is 0 Å². The van der Waals surface area contributed by atoms with E-state index in [1.165, 1.54) is 17.8 Å². The van der Waals surface area contributed by atoms with Crippen LogP contribution in [0.4, 0.5) is 5.82 Å². The zero-order valence-corrected chi connectivity index (χ0v) is 17.9. The summed E-state index contributed by atoms with van der Waals surface area (Å²) < 4.78 is 2.82. The first-order valence-corrected chi connectivity index (χ1v) is 11.4. The van der Waals surface area contributed by atoms with Crippen molar-refractivity contribution in [2.24, 2.45) is 10.9 Å². The number of thiazole rings is 1. The molecule has 3 aliphatic heterocycles. The maximum absolute atomic E-state index is 13.1. The number of likely N-dealkylation sites (tertiary alicyclic amines) is 2. The van der Waals surface area contributed by atoms with Crippen LogP contribution in [-0.2, 0) is 0 Å². The van der Waals surface area contributed by atoms with Crippen molar-refractivity contribution in [1.29, 1.82) is 0 Å². The van der Waals surface area contributed by atoms with Crippen molar-refractivity contribution in [2.45, 2.75) is 25.2 Å². The summed E-state index contributed by atoms with van der Waals surface area (Å²) in [5.41, 5.74) is 0.519. The molecule has 160 valence electrons. The van der Waals surface area contributed by atoms with Gasteiger partial charge in [-0.1, -0.05) is 12.1 Å². The highest BCUT2D eigenvalue weighted by atomic mass is 32.1. The molecule has 3 aliphatic rings. The zero-order chi connectivity index (χ0) is 21.3. The van der Waals surface area contributed by atoms with Gasteiger partial charge in [0.1, 0.15) is 16.2 Å². The summed E-state index contributed by atoms with van der Waals surface area (Å²) in [5.74, 6) is 0.0594. The first-order chi connectivity index (χ1) is 15.0. The van der Waals surface area contributed by atoms with E-state index in [0.717, 1.165) is 36.3 Å². The van der Waals surface area contributed by atoms with Gasteiger partial charge in [-0.2, -0.15) is 0 Å². The summed E-state index contributed by atoms with van der Waals surface area (Å²) >= 11 is 1.33. The van der Waals surface area contributed by atoms with Gasteiger partial charge in [-0.3, -0.25) is 19.1 Å². The van der Waals surface area contributed by atoms with E-state index < -0.39 is 11.4 Å². The molecule has 2 aromatic heterocycles. The quantitative estimate of drug-likeness (QED) is 0.640. The van der Waals surface area contributed by atoms with E-state index in [0.29, 0.717) is 28.2 Å². The largest absolute Gasteiger partial charge is 0.477 e. The van der Waals surface area contributed by atoms with Crippen molar-refractivity contribution in [3.8, 4) is 0 Å². The first-order valence-electron chi connectivity index (χ1n) is 10.6. The highest BCUT2D eigenvalue weighted by Gasteiger charge is 2.39. The van der Waals surface area contributed by atoms with Crippen molar-refractivity contribution < 1.29 is 9.90 Å². The van der Waals surface area contributed by atoms with Gasteiger partial charge in [0.05, 0.1) is 15.8 Å². The van der Waals surface area contributed by atoms with E-state index in [4.69, 9.17) is 0 Å². The summed E-state index contributed by atoms with van der Waals surface area (Å²) in [4.78, 5) is 34.9. The summed E-state index contributed by atoms with van der Waals surface area (Å²) in [5, 5.41) is 13.2. The van der Waals surface area contributed by atoms with Gasteiger partial charge in [-0.25, -0.2) is 4.79 Å². The Hall–Kier alpha value is -2.75. The smallest absolute Gasteiger partial charge is 0.342 e. The highest BCUT2D eigenvalue weighted by molar-refractivity contribution is 7.24. The van der Waals surface area contributed by atoms with E-state index in [1.807, 2.05) is 28.7 Å². The van der Waals surface area contributed by atoms with Crippen LogP contribution in [0.2, 0.25) is 0 Å². The van der Waals surface area contributed by atoms with Crippen LogP contribution in [0.25, 0.3) is 15.0 Å². The van der Waals surface area contributed by atoms with Crippen molar-refractivity contribution in [3.63, 3.8) is 0 Å². The number of carbonyl (C=O) groups is 1. The summed E-state index contributed by atoms with van der Waals surface area (Å²) in [6.45, 7) is 3.04. The number of nitrogens with zero attached hydrogens (tertiary/aromatic N) is 4. The minimum atomic E-state index is -1.21. The van der Waals surface area contributed by atoms with Crippen LogP contribution in [0.15, 0.2) is 34.1 Å². The standard InChI is InChI=1S/C22H23N5O3S/c1-25-8-6-12-11-26(9-7-14(12)25)22-23-10-13-18(28)17(21(29)30)20-27(19(13)24-22)15-4-2-3-5-16(15)31-20/h2-5,10,12,14,22,24H,6-9,11H2,1H3,(H,29,30). The average Bonchev–Trinajstić information content (AvgIpc) is 3.33. The fourth-order valence-electron chi connectivity index (χ4n) is 5.44. The fraction of sp³-hybridized carbons (Fsp3) is 0.409. The van der Waals surface area contributed by atoms with Crippen LogP contribution in [0, 0.1) is 5.92 Å². The topological polar surface area (TPSA) is 89.7 Å². The van der Waals surface area contributed by atoms with Gasteiger partial charge >= 0.3 is 5.97 Å². The molecule has 3 unspecified atom stereocenters. The maximum atomic E-state index is 13.1. The second-order valence-electron chi connectivity index (χ2n) is 8.66. The Morgan fingerprint density at radius 1 is 1.26 bits per heavy atom. The molecule has 8 nitrogen and oxygen atoms in total. The van der Waals surface area contributed by atoms with Crippen molar-refractivity contribution >= 4 is 44.4 Å². The molecule has 9 heteroatoms. The van der Waals surface area contributed by atoms with Crippen LogP contribution >= 0.6 is 11.3 Å². The molecule has 0 amide bonds. The minimum absolute atomic E-state index is 0.193. The summed E-state index contributed by atoms with van der Waals surface area (Å²) in [6, 6.07) is 8.39. The molecule has 5 heterocycles. The third-order valence-corrected chi connectivity index (χ3v) is 8.14. The van der Waals surface area contributed by atoms with Gasteiger partial charge in [0, 0.05) is 25.3 Å². The molecule has 0 spiro atoms. The summed E-state index contributed by atoms with van der Waals surface area (Å²) in [6.07, 6.45) is 3.61. The van der Waals surface area contributed by atoms with E-state index in [1.54, 1.807) is 6.21 Å². The molecule has 2 N–H and O–H groups in total. The lowest BCUT2D eigenvalue weighted by Crippen LogP contribution is -2.51. The normalized spacial score (nSPS) is 26.2. The Balaban J connectivity index is 1.46. The number of hydrogen-bond donors (Lipinski definition) is 2. The minimum Gasteiger partial charge on any atom is -0.477 e. The third-order valence-electron chi connectivity index (χ3n) is 6.99. The van der Waals surface area contributed by atoms with Gasteiger partial charge in [0.25, 0.3) is 0 Å². The second-order valence-corrected chi connectivity index (χ2v) is 9.69. The second kappa shape index (κ2) is 6.88. The van der Waals surface area contributed by atoms with Crippen LogP contribution in [-0.4, -0.2) is 70.5 Å². The summed E-state index contributed by atoms with van der Waals surface area (Å²) in [7, 11) is 2.21. The molecule has 6 rings (SSSR count). The number of aromatic nitrogens is 1. The van der Waals surface area contributed by atoms with Crippen LogP contribution in [0.5, 0.6) is 0 Å². The molecule has 3 aromatic rings. The SMILES string of the molecule is CN1CCC2CN(C3N=Cc4c(n5c(sc6ccccc65)c(C(=O)O)c4=O)N3)CCC21. The molecular formula is C22H23N5O3S. The fourth-order valence-corrected chi connectivity index (χ4v) is 6.62. The molecule has 0 bridgehead atoms. The van der Waals surface area contributed by atoms with Gasteiger partial charge in [0.15, 0.2) is 6.29 Å². The number of hydrogen-bond acceptors (Lipinski definition) is 7. The van der Waals surface area contributed by atoms with Crippen molar-refractivity contribution in [3.05, 3.63) is 45.6 Å². The number of piperidine rings is 1. The van der Waals surface area contributed by atoms with Gasteiger partial charge < -0.3 is 15.3 Å². The van der Waals surface area contributed by atoms with Gasteiger partial charge in [-0.05, 0) is 44.5 Å². The number of aromatic carboxylic acids is 1. The van der Waals surface area contributed by atoms with Crippen LogP contribution in [0.1, 0.15) is 28.8 Å². The predicted molar refractivity (Wildman–Crippen MR) is 122 cm³/mol. The number of aliphatic imine (C=N–C) groups is 1. The Morgan fingerprint density at radius 2 is 2.10 bits per heavy atom. The molecule has 31 heavy (non-hydrogen) atoms. The van der Waals surface area contributed by atoms with E-state index in [2.05, 4.69) is 27.2 Å². The number of carboxylic acid groups (broad SMARTS) is 1. The molecule has 1 aromatic carbocycles. The first kappa shape index (κ1) is 19.0. The van der Waals surface area contributed by atoms with Gasteiger partial charge in [0.2, 0.25) is 5.43 Å². The number of benzene rings is 1. The lowest BCUT2D eigenvalue weighted by Gasteiger charge is -2.40. The average molecular weight is 438 g/mol. The Kier molecular flexibility index (Phi) is 4.21. The molecule has 2 saturated heterocycles. The monoisotopic (exact) mass is 437 g/mol. The Morgan fingerprint density at radius 3 is 2.94 bits per heavy atom. The Bertz CT molecular complexity index is 1310. The Labute approximate surface area is 182 Å². The molecule has 0 saturated carbocycles. The number of pyridine rings is 1. The highest BCUT2D eigenvalue weighted by Crippen LogP contribution is 2.35. The number of anilines is 1. The molecule has 2 fully saturated rings. The lowest BCUT2D eigenvalue weighted by molar-refractivity contribution is 0.0697. The van der Waals surface area contributed by atoms with E-state index in [-0.39, 0.29) is 11.9 Å². The molecule has 0 radical (unpaired) electrons. The van der Waals surface area contributed by atoms with E-state index in [9.17, 15) is 14.7 Å². The van der Waals surface area contributed by atoms with Gasteiger partial charge in [-0.15, -0.1) is 11.3 Å². The number of carboxylic acids is 1. The number of para-hydroxylation sites is 1. The maximum Gasteiger partial charge on any atom is 0.342 e. The molecular weight excluding hydrogens is 414 g/mol. The predicted octanol–water partition coefficient (Wildman–Crippen LogP) is 2.37. The number of nitrogens with one attached hydrogen (secondary N) is 1. The van der Waals surface area contributed by atoms with E-state index >= 15 is 0 Å². The van der Waals surface area contributed by atoms with Crippen molar-refractivity contribution in [1.82, 2.24) is 14.2 Å². The number of rotatable bonds is 2. The third kappa shape index (κ3) is 2.77. The zero-order valence-electron chi connectivity index (χ0n) is 17.1. The number of fused-ring (bicyclic) bond motifs is 6. The molecule has 0 aliphatic carbocycles. The lowest BCUT2D eigenvalue weighted by atomic mass is 9.93. The molecule has 3 atom stereocenters.